The maximum atomic E-state index is 15.1. The van der Waals surface area contributed by atoms with E-state index in [9.17, 15) is 5.26 Å². The van der Waals surface area contributed by atoms with Gasteiger partial charge in [-0.05, 0) is 96.2 Å². The first-order valence-electron chi connectivity index (χ1n) is 19.1. The van der Waals surface area contributed by atoms with Gasteiger partial charge in [-0.1, -0.05) is 117 Å². The predicted molar refractivity (Wildman–Crippen MR) is 210 cm³/mol. The highest BCUT2D eigenvalue weighted by molar-refractivity contribution is 7.91. The van der Waals surface area contributed by atoms with Crippen LogP contribution in [0.1, 0.15) is 62.6 Å². The Morgan fingerprint density at radius 1 is 0.611 bits per heavy atom. The van der Waals surface area contributed by atoms with Crippen molar-refractivity contribution in [2.24, 2.45) is 23.7 Å². The van der Waals surface area contributed by atoms with E-state index in [1.54, 1.807) is 0 Å². The van der Waals surface area contributed by atoms with E-state index in [0.29, 0.717) is 62.1 Å². The van der Waals surface area contributed by atoms with Gasteiger partial charge in [0.2, 0.25) is 9.84 Å². The van der Waals surface area contributed by atoms with Crippen LogP contribution < -0.4 is 0 Å². The lowest BCUT2D eigenvalue weighted by Crippen LogP contribution is -2.55. The summed E-state index contributed by atoms with van der Waals surface area (Å²) >= 11 is 0. The zero-order valence-corrected chi connectivity index (χ0v) is 31.2. The van der Waals surface area contributed by atoms with Crippen LogP contribution in [0.3, 0.4) is 0 Å². The summed E-state index contributed by atoms with van der Waals surface area (Å²) in [6, 6.07) is 41.5. The van der Waals surface area contributed by atoms with Crippen molar-refractivity contribution in [2.45, 2.75) is 66.6 Å². The van der Waals surface area contributed by atoms with Crippen LogP contribution in [0.25, 0.3) is 45.3 Å². The van der Waals surface area contributed by atoms with Crippen molar-refractivity contribution >= 4 is 9.84 Å². The Hall–Kier alpha value is -5.45. The molecule has 6 aromatic rings. The highest BCUT2D eigenvalue weighted by Crippen LogP contribution is 2.78. The van der Waals surface area contributed by atoms with Crippen LogP contribution in [-0.2, 0) is 20.7 Å². The van der Waals surface area contributed by atoms with Gasteiger partial charge in [-0.25, -0.2) is 23.4 Å². The molecule has 0 radical (unpaired) electrons. The van der Waals surface area contributed by atoms with Crippen molar-refractivity contribution in [3.05, 3.63) is 138 Å². The largest absolute Gasteiger partial charge is 0.218 e. The molecule has 6 nitrogen and oxygen atoms in total. The van der Waals surface area contributed by atoms with Gasteiger partial charge in [-0.15, -0.1) is 0 Å². The summed E-state index contributed by atoms with van der Waals surface area (Å²) in [4.78, 5) is 15.8. The van der Waals surface area contributed by atoms with Crippen molar-refractivity contribution in [1.82, 2.24) is 15.0 Å². The SMILES string of the molecule is C[C@@H]1C[C@H](C)C[C@H]2C3CC4(C1)c1ccc(-c5nc(-c6ccccc6)nc(-c6ccc(-c7ccccc7C#N)cc6)n5)cc1S(=O)(=O)c1ccccc1C24C3. The number of rotatable bonds is 4. The number of nitriles is 1. The lowest BCUT2D eigenvalue weighted by atomic mass is 9.46. The quantitative estimate of drug-likeness (QED) is 0.180. The number of fused-ring (bicyclic) bond motifs is 2. The van der Waals surface area contributed by atoms with Crippen LogP contribution in [0.4, 0.5) is 0 Å². The molecule has 4 saturated carbocycles. The molecule has 5 aromatic carbocycles. The van der Waals surface area contributed by atoms with E-state index in [1.807, 2.05) is 103 Å². The van der Waals surface area contributed by atoms with Gasteiger partial charge in [-0.3, -0.25) is 0 Å². The van der Waals surface area contributed by atoms with E-state index in [0.717, 1.165) is 59.1 Å². The predicted octanol–water partition coefficient (Wildman–Crippen LogP) is 10.2. The highest BCUT2D eigenvalue weighted by atomic mass is 32.2. The van der Waals surface area contributed by atoms with Gasteiger partial charge >= 0.3 is 0 Å². The molecular weight excluding hydrogens is 685 g/mol. The Kier molecular flexibility index (Phi) is 7.38. The Morgan fingerprint density at radius 2 is 1.24 bits per heavy atom. The first kappa shape index (κ1) is 33.1. The maximum Gasteiger partial charge on any atom is 0.207 e. The highest BCUT2D eigenvalue weighted by Gasteiger charge is 2.74. The molecular formula is C47H40N4O2S. The molecule has 0 N–H and O–H groups in total. The molecule has 5 aliphatic rings. The second-order valence-corrected chi connectivity index (χ2v) is 18.2. The van der Waals surface area contributed by atoms with Gasteiger partial charge in [0.25, 0.3) is 0 Å². The van der Waals surface area contributed by atoms with Crippen molar-refractivity contribution in [3.8, 4) is 51.4 Å². The van der Waals surface area contributed by atoms with Crippen LogP contribution in [-0.4, -0.2) is 23.4 Å². The molecule has 11 rings (SSSR count). The van der Waals surface area contributed by atoms with E-state index in [2.05, 4.69) is 38.1 Å². The lowest BCUT2D eigenvalue weighted by Gasteiger charge is -2.57. The number of hydrogen-bond acceptors (Lipinski definition) is 6. The summed E-state index contributed by atoms with van der Waals surface area (Å²) in [5.41, 5.74) is 6.27. The molecule has 2 heterocycles. The van der Waals surface area contributed by atoms with E-state index >= 15 is 8.42 Å². The minimum absolute atomic E-state index is 0.183. The molecule has 1 aliphatic heterocycles. The number of benzene rings is 5. The minimum Gasteiger partial charge on any atom is -0.218 e. The molecule has 0 saturated heterocycles. The van der Waals surface area contributed by atoms with E-state index < -0.39 is 9.84 Å². The first-order chi connectivity index (χ1) is 26.2. The molecule has 54 heavy (non-hydrogen) atoms. The third-order valence-corrected chi connectivity index (χ3v) is 15.1. The van der Waals surface area contributed by atoms with Gasteiger partial charge in [0.1, 0.15) is 0 Å². The van der Waals surface area contributed by atoms with Crippen LogP contribution in [0, 0.1) is 35.0 Å². The van der Waals surface area contributed by atoms with Gasteiger partial charge in [0.05, 0.1) is 21.4 Å². The molecule has 0 amide bonds. The summed E-state index contributed by atoms with van der Waals surface area (Å²) in [6.45, 7) is 4.77. The third kappa shape index (κ3) is 4.69. The van der Waals surface area contributed by atoms with Crippen molar-refractivity contribution in [3.63, 3.8) is 0 Å². The standard InChI is InChI=1S/C47H40N4O2S/c1-29-22-30(2)25-46-26-36-27-47(46,40(36)23-29)39-14-8-9-15-41(39)54(52,53)42-24-34(20-21-38(42)46)45-50-43(32-10-4-3-5-11-32)49-44(51-45)33-18-16-31(17-19-33)37-13-7-6-12-35(37)28-48/h3-21,24,29-30,36,40H,22-23,25-27H2,1-2H3/t29-,30+,36?,40-,46?,47?/m0/s1. The van der Waals surface area contributed by atoms with Gasteiger partial charge in [0.15, 0.2) is 17.5 Å². The average Bonchev–Trinajstić information content (AvgIpc) is 3.67. The fourth-order valence-corrected chi connectivity index (χ4v) is 13.2. The Bertz CT molecular complexity index is 2630. The number of aromatic nitrogens is 3. The van der Waals surface area contributed by atoms with Gasteiger partial charge in [0, 0.05) is 27.5 Å². The second kappa shape index (κ2) is 12.0. The zero-order chi connectivity index (χ0) is 36.8. The average molecular weight is 725 g/mol. The first-order valence-corrected chi connectivity index (χ1v) is 20.6. The Labute approximate surface area is 316 Å². The van der Waals surface area contributed by atoms with E-state index in [1.165, 1.54) is 6.42 Å². The van der Waals surface area contributed by atoms with Crippen molar-refractivity contribution in [1.29, 1.82) is 5.26 Å². The van der Waals surface area contributed by atoms with Gasteiger partial charge in [-0.2, -0.15) is 5.26 Å². The Morgan fingerprint density at radius 3 is 2.00 bits per heavy atom. The molecule has 1 aromatic heterocycles. The summed E-state index contributed by atoms with van der Waals surface area (Å²) in [7, 11) is -3.88. The van der Waals surface area contributed by atoms with E-state index in [-0.39, 0.29) is 10.8 Å². The lowest BCUT2D eigenvalue weighted by molar-refractivity contribution is 0.0275. The maximum absolute atomic E-state index is 15.1. The normalized spacial score (nSPS) is 27.1. The van der Waals surface area contributed by atoms with Crippen molar-refractivity contribution < 1.29 is 8.42 Å². The molecule has 4 fully saturated rings. The zero-order valence-electron chi connectivity index (χ0n) is 30.4. The molecule has 6 atom stereocenters. The summed E-state index contributed by atoms with van der Waals surface area (Å²) in [5, 5.41) is 9.69. The van der Waals surface area contributed by atoms with E-state index in [4.69, 9.17) is 15.0 Å². The number of nitrogens with zero attached hydrogens (tertiary/aromatic N) is 4. The van der Waals surface area contributed by atoms with Crippen LogP contribution in [0.2, 0.25) is 0 Å². The molecule has 3 unspecified atom stereocenters. The van der Waals surface area contributed by atoms with Crippen LogP contribution >= 0.6 is 0 Å². The number of sulfone groups is 1. The molecule has 7 heteroatoms. The van der Waals surface area contributed by atoms with Gasteiger partial charge < -0.3 is 0 Å². The third-order valence-electron chi connectivity index (χ3n) is 13.3. The molecule has 4 aliphatic carbocycles. The Balaban J connectivity index is 1.15. The second-order valence-electron chi connectivity index (χ2n) is 16.3. The minimum atomic E-state index is -3.88. The topological polar surface area (TPSA) is 96.6 Å². The summed E-state index contributed by atoms with van der Waals surface area (Å²) < 4.78 is 30.2. The monoisotopic (exact) mass is 724 g/mol. The number of hydrogen-bond donors (Lipinski definition) is 0. The fourth-order valence-electron chi connectivity index (χ4n) is 11.4. The molecule has 266 valence electrons. The fraction of sp³-hybridized carbons (Fsp3) is 0.277. The van der Waals surface area contributed by atoms with Crippen molar-refractivity contribution in [2.75, 3.05) is 0 Å². The molecule has 1 spiro atoms. The molecule has 4 bridgehead atoms. The summed E-state index contributed by atoms with van der Waals surface area (Å²) in [5.74, 6) is 3.63. The smallest absolute Gasteiger partial charge is 0.207 e. The summed E-state index contributed by atoms with van der Waals surface area (Å²) in [6.07, 6.45) is 5.41. The van der Waals surface area contributed by atoms with Crippen LogP contribution in [0.15, 0.2) is 131 Å². The van der Waals surface area contributed by atoms with Crippen LogP contribution in [0.5, 0.6) is 0 Å².